The molecule has 1 atom stereocenters. The first-order valence-electron chi connectivity index (χ1n) is 5.96. The molecule has 0 aromatic heterocycles. The monoisotopic (exact) mass is 327 g/mol. The van der Waals surface area contributed by atoms with Crippen LogP contribution in [-0.2, 0) is 0 Å². The Bertz CT molecular complexity index is 361. The number of nitrogens with one attached hydrogen (secondary N) is 1. The smallest absolute Gasteiger partial charge is 0.0605 e. The van der Waals surface area contributed by atoms with Crippen LogP contribution in [0.3, 0.4) is 0 Å². The molecular weight excluding hydrogens is 305 g/mol. The van der Waals surface area contributed by atoms with Gasteiger partial charge in [-0.1, -0.05) is 12.1 Å². The van der Waals surface area contributed by atoms with Crippen LogP contribution in [0.4, 0.5) is 11.4 Å². The normalized spacial score (nSPS) is 16.4. The van der Waals surface area contributed by atoms with Gasteiger partial charge >= 0.3 is 0 Å². The van der Waals surface area contributed by atoms with Crippen LogP contribution in [0.25, 0.3) is 0 Å². The average Bonchev–Trinajstić information content (AvgIpc) is 2.28. The van der Waals surface area contributed by atoms with Crippen molar-refractivity contribution in [2.45, 2.75) is 13.0 Å². The third-order valence-corrected chi connectivity index (χ3v) is 3.10. The first kappa shape index (κ1) is 21.0. The van der Waals surface area contributed by atoms with Gasteiger partial charge in [0.05, 0.1) is 17.4 Å². The molecule has 1 aromatic rings. The quantitative estimate of drug-likeness (QED) is 0.919. The van der Waals surface area contributed by atoms with Crippen LogP contribution < -0.4 is 10.2 Å². The number of nitrogens with zero attached hydrogens (tertiary/aromatic N) is 2. The van der Waals surface area contributed by atoms with Gasteiger partial charge in [0.2, 0.25) is 0 Å². The average molecular weight is 329 g/mol. The van der Waals surface area contributed by atoms with Crippen LogP contribution in [0, 0.1) is 0 Å². The molecule has 2 rings (SSSR count). The molecule has 1 aliphatic heterocycles. The molecule has 6 heteroatoms. The Hall–Kier alpha value is -0.350. The van der Waals surface area contributed by atoms with Crippen LogP contribution >= 0.6 is 37.2 Å². The van der Waals surface area contributed by atoms with E-state index in [1.54, 1.807) is 0 Å². The van der Waals surface area contributed by atoms with Gasteiger partial charge in [0, 0.05) is 19.6 Å². The minimum atomic E-state index is 0. The second kappa shape index (κ2) is 9.54. The van der Waals surface area contributed by atoms with E-state index in [0.29, 0.717) is 6.04 Å². The van der Waals surface area contributed by atoms with E-state index in [-0.39, 0.29) is 37.2 Å². The largest absolute Gasteiger partial charge is 0.381 e. The summed E-state index contributed by atoms with van der Waals surface area (Å²) in [4.78, 5) is 4.74. The van der Waals surface area contributed by atoms with Crippen LogP contribution in [0.1, 0.15) is 6.92 Å². The third-order valence-electron chi connectivity index (χ3n) is 3.10. The molecule has 0 bridgehead atoms. The Labute approximate surface area is 135 Å². The van der Waals surface area contributed by atoms with Gasteiger partial charge in [-0.25, -0.2) is 0 Å². The van der Waals surface area contributed by atoms with Crippen molar-refractivity contribution in [2.75, 3.05) is 43.9 Å². The molecule has 0 saturated carbocycles. The molecule has 1 aromatic carbocycles. The molecule has 1 N–H and O–H groups in total. The Morgan fingerprint density at radius 1 is 1.21 bits per heavy atom. The zero-order chi connectivity index (χ0) is 11.5. The molecule has 0 aliphatic carbocycles. The van der Waals surface area contributed by atoms with E-state index in [4.69, 9.17) is 0 Å². The summed E-state index contributed by atoms with van der Waals surface area (Å²) in [5.41, 5.74) is 2.60. The lowest BCUT2D eigenvalue weighted by Crippen LogP contribution is -2.49. The number of anilines is 2. The molecule has 0 fully saturated rings. The summed E-state index contributed by atoms with van der Waals surface area (Å²) in [5.74, 6) is 0. The van der Waals surface area contributed by atoms with E-state index in [1.165, 1.54) is 11.4 Å². The lowest BCUT2D eigenvalue weighted by atomic mass is 10.1. The highest BCUT2D eigenvalue weighted by Gasteiger charge is 2.24. The molecule has 0 spiro atoms. The van der Waals surface area contributed by atoms with E-state index < -0.39 is 0 Å². The highest BCUT2D eigenvalue weighted by atomic mass is 35.5. The highest BCUT2D eigenvalue weighted by Crippen LogP contribution is 2.30. The molecule has 0 amide bonds. The lowest BCUT2D eigenvalue weighted by Gasteiger charge is -2.40. The van der Waals surface area contributed by atoms with Crippen molar-refractivity contribution in [1.29, 1.82) is 0 Å². The molecule has 1 heterocycles. The Morgan fingerprint density at radius 3 is 2.42 bits per heavy atom. The second-order valence-corrected chi connectivity index (χ2v) is 4.60. The van der Waals surface area contributed by atoms with Crippen molar-refractivity contribution in [3.8, 4) is 0 Å². The molecule has 0 saturated heterocycles. The number of benzene rings is 1. The number of rotatable bonds is 3. The number of fused-ring (bicyclic) bond motifs is 1. The van der Waals surface area contributed by atoms with Gasteiger partial charge in [0.1, 0.15) is 0 Å². The van der Waals surface area contributed by atoms with Gasteiger partial charge in [-0.3, -0.25) is 0 Å². The first-order chi connectivity index (χ1) is 7.72. The van der Waals surface area contributed by atoms with Crippen molar-refractivity contribution in [3.63, 3.8) is 0 Å². The minimum Gasteiger partial charge on any atom is -0.381 e. The van der Waals surface area contributed by atoms with E-state index >= 15 is 0 Å². The topological polar surface area (TPSA) is 18.5 Å². The van der Waals surface area contributed by atoms with Crippen molar-refractivity contribution < 1.29 is 0 Å². The highest BCUT2D eigenvalue weighted by molar-refractivity contribution is 5.86. The maximum atomic E-state index is 3.51. The number of halogens is 3. The molecule has 19 heavy (non-hydrogen) atoms. The summed E-state index contributed by atoms with van der Waals surface area (Å²) in [6.07, 6.45) is 0. The van der Waals surface area contributed by atoms with Gasteiger partial charge in [-0.15, -0.1) is 37.2 Å². The molecular formula is C13H24Cl3N3. The summed E-state index contributed by atoms with van der Waals surface area (Å²) in [6.45, 7) is 5.42. The maximum Gasteiger partial charge on any atom is 0.0605 e. The summed E-state index contributed by atoms with van der Waals surface area (Å²) < 4.78 is 0. The van der Waals surface area contributed by atoms with E-state index in [2.05, 4.69) is 60.4 Å². The number of hydrogen-bond acceptors (Lipinski definition) is 3. The van der Waals surface area contributed by atoms with Crippen LogP contribution in [0.15, 0.2) is 24.3 Å². The van der Waals surface area contributed by atoms with E-state index in [0.717, 1.165) is 19.6 Å². The van der Waals surface area contributed by atoms with Gasteiger partial charge in [-0.05, 0) is 33.2 Å². The molecule has 3 nitrogen and oxygen atoms in total. The summed E-state index contributed by atoms with van der Waals surface area (Å²) in [5, 5.41) is 3.51. The molecule has 1 unspecified atom stereocenters. The number of para-hydroxylation sites is 2. The first-order valence-corrected chi connectivity index (χ1v) is 5.96. The second-order valence-electron chi connectivity index (χ2n) is 4.60. The van der Waals surface area contributed by atoms with Gasteiger partial charge in [0.15, 0.2) is 0 Å². The fourth-order valence-electron chi connectivity index (χ4n) is 2.42. The number of likely N-dealkylation sites (N-methyl/N-ethyl adjacent to an activating group) is 2. The summed E-state index contributed by atoms with van der Waals surface area (Å²) in [6, 6.07) is 9.12. The minimum absolute atomic E-state index is 0. The van der Waals surface area contributed by atoms with Crippen LogP contribution in [0.2, 0.25) is 0 Å². The zero-order valence-corrected chi connectivity index (χ0v) is 14.1. The molecule has 112 valence electrons. The number of hydrogen-bond donors (Lipinski definition) is 1. The van der Waals surface area contributed by atoms with Crippen LogP contribution in [-0.4, -0.2) is 44.7 Å². The third kappa shape index (κ3) is 4.92. The Morgan fingerprint density at radius 2 is 1.84 bits per heavy atom. The maximum absolute atomic E-state index is 3.51. The van der Waals surface area contributed by atoms with Crippen molar-refractivity contribution >= 4 is 48.6 Å². The Balaban J connectivity index is 0. The summed E-state index contributed by atoms with van der Waals surface area (Å²) in [7, 11) is 4.27. The van der Waals surface area contributed by atoms with Gasteiger partial charge < -0.3 is 15.1 Å². The van der Waals surface area contributed by atoms with Crippen molar-refractivity contribution in [1.82, 2.24) is 4.90 Å². The SMILES string of the molecule is CCN1c2ccccc2NCC1CN(C)C.Cl.Cl.Cl. The van der Waals surface area contributed by atoms with Crippen LogP contribution in [0.5, 0.6) is 0 Å². The van der Waals surface area contributed by atoms with Crippen molar-refractivity contribution in [3.05, 3.63) is 24.3 Å². The molecule has 1 aliphatic rings. The van der Waals surface area contributed by atoms with Gasteiger partial charge in [0.25, 0.3) is 0 Å². The van der Waals surface area contributed by atoms with E-state index in [1.807, 2.05) is 0 Å². The van der Waals surface area contributed by atoms with E-state index in [9.17, 15) is 0 Å². The lowest BCUT2D eigenvalue weighted by molar-refractivity contribution is 0.366. The van der Waals surface area contributed by atoms with Gasteiger partial charge in [-0.2, -0.15) is 0 Å². The predicted molar refractivity (Wildman–Crippen MR) is 92.0 cm³/mol. The zero-order valence-electron chi connectivity index (χ0n) is 11.6. The fourth-order valence-corrected chi connectivity index (χ4v) is 2.42. The standard InChI is InChI=1S/C13H21N3.3ClH/c1-4-16-11(10-15(2)3)9-14-12-7-5-6-8-13(12)16;;;/h5-8,11,14H,4,9-10H2,1-3H3;3*1H. The summed E-state index contributed by atoms with van der Waals surface area (Å²) >= 11 is 0. The predicted octanol–water partition coefficient (Wildman–Crippen LogP) is 3.13. The fraction of sp³-hybridized carbons (Fsp3) is 0.538. The van der Waals surface area contributed by atoms with Crippen molar-refractivity contribution in [2.24, 2.45) is 0 Å². The Kier molecular flexibility index (Phi) is 10.5. The molecule has 0 radical (unpaired) electrons.